The molecule has 1 aliphatic rings. The number of allylic oxidation sites excluding steroid dienone is 1. The van der Waals surface area contributed by atoms with Crippen LogP contribution in [0.3, 0.4) is 0 Å². The summed E-state index contributed by atoms with van der Waals surface area (Å²) in [6.07, 6.45) is 7.45. The van der Waals surface area contributed by atoms with Crippen molar-refractivity contribution in [2.24, 2.45) is 12.5 Å². The van der Waals surface area contributed by atoms with E-state index in [9.17, 15) is 14.4 Å². The number of hydrogen-bond donors (Lipinski definition) is 4. The van der Waals surface area contributed by atoms with Crippen LogP contribution in [0.1, 0.15) is 23.8 Å². The van der Waals surface area contributed by atoms with E-state index in [0.717, 1.165) is 22.4 Å². The highest BCUT2D eigenvalue weighted by Gasteiger charge is 2.31. The maximum absolute atomic E-state index is 12.9. The average Bonchev–Trinajstić information content (AvgIpc) is 3.31. The molecule has 1 unspecified atom stereocenters. The average molecular weight is 463 g/mol. The lowest BCUT2D eigenvalue weighted by Gasteiger charge is -2.25. The SMILES string of the molecule is COc1ccc(-c2cn(C)c(=O)c3[nH]c(C(=O)NCC4=CCC(C)(C(=O)NO)C=C4)cc23)cc1. The van der Waals surface area contributed by atoms with Gasteiger partial charge in [0.2, 0.25) is 0 Å². The van der Waals surface area contributed by atoms with E-state index in [1.54, 1.807) is 51.0 Å². The number of aromatic nitrogens is 2. The first kappa shape index (κ1) is 23.1. The van der Waals surface area contributed by atoms with Crippen LogP contribution in [0.2, 0.25) is 0 Å². The van der Waals surface area contributed by atoms with E-state index in [-0.39, 0.29) is 23.7 Å². The van der Waals surface area contributed by atoms with Crippen molar-refractivity contribution in [1.29, 1.82) is 0 Å². The summed E-state index contributed by atoms with van der Waals surface area (Å²) in [7, 11) is 3.27. The fourth-order valence-corrected chi connectivity index (χ4v) is 3.93. The second-order valence-electron chi connectivity index (χ2n) is 8.52. The predicted octanol–water partition coefficient (Wildman–Crippen LogP) is 2.67. The van der Waals surface area contributed by atoms with Crippen molar-refractivity contribution in [3.8, 4) is 16.9 Å². The maximum Gasteiger partial charge on any atom is 0.274 e. The topological polar surface area (TPSA) is 125 Å². The zero-order valence-electron chi connectivity index (χ0n) is 19.1. The molecule has 0 radical (unpaired) electrons. The molecule has 0 saturated carbocycles. The van der Waals surface area contributed by atoms with Crippen LogP contribution in [-0.2, 0) is 11.8 Å². The van der Waals surface area contributed by atoms with Crippen LogP contribution in [0.25, 0.3) is 22.0 Å². The molecule has 4 N–H and O–H groups in total. The molecule has 0 spiro atoms. The molecule has 1 aliphatic carbocycles. The Hall–Kier alpha value is -4.11. The molecule has 9 nitrogen and oxygen atoms in total. The second kappa shape index (κ2) is 9.03. The lowest BCUT2D eigenvalue weighted by Crippen LogP contribution is -2.36. The van der Waals surface area contributed by atoms with Crippen LogP contribution in [-0.4, -0.2) is 40.2 Å². The smallest absolute Gasteiger partial charge is 0.274 e. The Morgan fingerprint density at radius 3 is 2.62 bits per heavy atom. The minimum absolute atomic E-state index is 0.231. The van der Waals surface area contributed by atoms with E-state index in [0.29, 0.717) is 17.3 Å². The molecule has 1 aromatic carbocycles. The fourth-order valence-electron chi connectivity index (χ4n) is 3.93. The highest BCUT2D eigenvalue weighted by atomic mass is 16.5. The standard InChI is InChI=1S/C25H26N4O5/c1-25(24(32)28-33)10-8-15(9-11-25)13-26-22(30)20-12-18-19(14-29(2)23(31)21(18)27-20)16-4-6-17(34-3)7-5-16/h4-10,12,14,27,33H,11,13H2,1-3H3,(H,26,30)(H,28,32). The van der Waals surface area contributed by atoms with Gasteiger partial charge in [0.05, 0.1) is 12.5 Å². The van der Waals surface area contributed by atoms with Crippen molar-refractivity contribution in [1.82, 2.24) is 20.3 Å². The van der Waals surface area contributed by atoms with Gasteiger partial charge in [-0.05, 0) is 42.7 Å². The molecule has 0 fully saturated rings. The lowest BCUT2D eigenvalue weighted by molar-refractivity contribution is -0.136. The van der Waals surface area contributed by atoms with Gasteiger partial charge in [-0.1, -0.05) is 30.4 Å². The van der Waals surface area contributed by atoms with Gasteiger partial charge in [-0.2, -0.15) is 0 Å². The molecule has 1 atom stereocenters. The normalized spacial score (nSPS) is 17.4. The minimum Gasteiger partial charge on any atom is -0.497 e. The first-order chi connectivity index (χ1) is 16.3. The number of nitrogens with one attached hydrogen (secondary N) is 3. The molecule has 9 heteroatoms. The highest BCUT2D eigenvalue weighted by Crippen LogP contribution is 2.30. The second-order valence-corrected chi connectivity index (χ2v) is 8.52. The summed E-state index contributed by atoms with van der Waals surface area (Å²) in [6, 6.07) is 9.16. The number of carbonyl (C=O) groups is 2. The largest absolute Gasteiger partial charge is 0.497 e. The van der Waals surface area contributed by atoms with Crippen molar-refractivity contribution < 1.29 is 19.5 Å². The van der Waals surface area contributed by atoms with Crippen molar-refractivity contribution in [3.63, 3.8) is 0 Å². The molecule has 2 amide bonds. The van der Waals surface area contributed by atoms with Gasteiger partial charge in [0, 0.05) is 30.7 Å². The minimum atomic E-state index is -0.836. The van der Waals surface area contributed by atoms with Crippen LogP contribution in [0, 0.1) is 5.41 Å². The van der Waals surface area contributed by atoms with Gasteiger partial charge in [0.25, 0.3) is 17.4 Å². The Labute approximate surface area is 195 Å². The van der Waals surface area contributed by atoms with Crippen LogP contribution in [0.4, 0.5) is 0 Å². The molecule has 4 rings (SSSR count). The third-order valence-corrected chi connectivity index (χ3v) is 6.14. The van der Waals surface area contributed by atoms with Gasteiger partial charge in [-0.25, -0.2) is 5.48 Å². The number of aryl methyl sites for hydroxylation is 1. The Morgan fingerprint density at radius 2 is 2.00 bits per heavy atom. The number of benzene rings is 1. The van der Waals surface area contributed by atoms with E-state index in [2.05, 4.69) is 10.3 Å². The molecule has 0 aliphatic heterocycles. The van der Waals surface area contributed by atoms with Gasteiger partial charge < -0.3 is 19.6 Å². The molecule has 3 aromatic rings. The van der Waals surface area contributed by atoms with Crippen molar-refractivity contribution in [2.45, 2.75) is 13.3 Å². The lowest BCUT2D eigenvalue weighted by atomic mass is 9.81. The number of rotatable bonds is 6. The molecule has 34 heavy (non-hydrogen) atoms. The molecule has 2 heterocycles. The summed E-state index contributed by atoms with van der Waals surface area (Å²) in [5.74, 6) is -0.118. The molecule has 0 bridgehead atoms. The van der Waals surface area contributed by atoms with Gasteiger partial charge >= 0.3 is 0 Å². The third-order valence-electron chi connectivity index (χ3n) is 6.14. The summed E-state index contributed by atoms with van der Waals surface area (Å²) in [5, 5.41) is 12.4. The summed E-state index contributed by atoms with van der Waals surface area (Å²) >= 11 is 0. The molecular formula is C25H26N4O5. The van der Waals surface area contributed by atoms with Crippen molar-refractivity contribution in [2.75, 3.05) is 13.7 Å². The van der Waals surface area contributed by atoms with Crippen molar-refractivity contribution in [3.05, 3.63) is 76.4 Å². The first-order valence-corrected chi connectivity index (χ1v) is 10.7. The Morgan fingerprint density at radius 1 is 1.26 bits per heavy atom. The number of nitrogens with zero attached hydrogens (tertiary/aromatic N) is 1. The van der Waals surface area contributed by atoms with E-state index >= 15 is 0 Å². The zero-order valence-corrected chi connectivity index (χ0v) is 19.1. The predicted molar refractivity (Wildman–Crippen MR) is 128 cm³/mol. The monoisotopic (exact) mass is 462 g/mol. The van der Waals surface area contributed by atoms with E-state index in [1.165, 1.54) is 4.57 Å². The number of hydrogen-bond acceptors (Lipinski definition) is 5. The fraction of sp³-hybridized carbons (Fsp3) is 0.240. The Kier molecular flexibility index (Phi) is 6.12. The van der Waals surface area contributed by atoms with Gasteiger partial charge in [0.1, 0.15) is 17.0 Å². The number of amides is 2. The molecule has 2 aromatic heterocycles. The third kappa shape index (κ3) is 4.25. The number of carbonyl (C=O) groups excluding carboxylic acids is 2. The first-order valence-electron chi connectivity index (χ1n) is 10.7. The van der Waals surface area contributed by atoms with Crippen LogP contribution >= 0.6 is 0 Å². The van der Waals surface area contributed by atoms with Crippen LogP contribution < -0.4 is 21.1 Å². The van der Waals surface area contributed by atoms with Crippen LogP contribution in [0.15, 0.2) is 65.1 Å². The summed E-state index contributed by atoms with van der Waals surface area (Å²) < 4.78 is 6.71. The van der Waals surface area contributed by atoms with E-state index in [1.807, 2.05) is 30.3 Å². The Bertz CT molecular complexity index is 1380. The number of H-pyrrole nitrogens is 1. The summed E-state index contributed by atoms with van der Waals surface area (Å²) in [5.41, 5.74) is 3.78. The molecule has 0 saturated heterocycles. The van der Waals surface area contributed by atoms with Gasteiger partial charge in [0.15, 0.2) is 0 Å². The van der Waals surface area contributed by atoms with Gasteiger partial charge in [-0.15, -0.1) is 0 Å². The number of methoxy groups -OCH3 is 1. The molecular weight excluding hydrogens is 436 g/mol. The number of ether oxygens (including phenoxy) is 1. The van der Waals surface area contributed by atoms with Gasteiger partial charge in [-0.3, -0.25) is 19.6 Å². The number of aromatic amines is 1. The van der Waals surface area contributed by atoms with Crippen LogP contribution in [0.5, 0.6) is 5.75 Å². The van der Waals surface area contributed by atoms with Crippen molar-refractivity contribution >= 4 is 22.7 Å². The number of hydroxylamine groups is 1. The molecule has 176 valence electrons. The Balaban J connectivity index is 1.56. The van der Waals surface area contributed by atoms with E-state index in [4.69, 9.17) is 9.94 Å². The number of pyridine rings is 1. The maximum atomic E-state index is 12.9. The highest BCUT2D eigenvalue weighted by molar-refractivity contribution is 6.02. The number of fused-ring (bicyclic) bond motifs is 1. The summed E-state index contributed by atoms with van der Waals surface area (Å²) in [4.78, 5) is 40.3. The quantitative estimate of drug-likeness (QED) is 0.331. The summed E-state index contributed by atoms with van der Waals surface area (Å²) in [6.45, 7) is 1.97. The van der Waals surface area contributed by atoms with E-state index < -0.39 is 11.3 Å². The zero-order chi connectivity index (χ0) is 24.5.